The summed E-state index contributed by atoms with van der Waals surface area (Å²) in [5, 5.41) is 14.2. The molecule has 2 rings (SSSR count). The second kappa shape index (κ2) is 13.4. The summed E-state index contributed by atoms with van der Waals surface area (Å²) in [6.07, 6.45) is 1.30. The Balaban J connectivity index is 0.00000134. The highest BCUT2D eigenvalue weighted by atomic mass is 16.6. The van der Waals surface area contributed by atoms with E-state index in [-0.39, 0.29) is 11.7 Å². The second-order valence-corrected chi connectivity index (χ2v) is 4.92. The van der Waals surface area contributed by atoms with E-state index in [9.17, 15) is 10.1 Å². The molecule has 0 aliphatic carbocycles. The van der Waals surface area contributed by atoms with Gasteiger partial charge in [-0.25, -0.2) is 4.98 Å². The first-order chi connectivity index (χ1) is 12.1. The fraction of sp³-hybridized carbons (Fsp3) is 0.706. The number of hydrogen-bond donors (Lipinski definition) is 1. The Labute approximate surface area is 150 Å². The van der Waals surface area contributed by atoms with E-state index in [0.717, 1.165) is 18.9 Å². The van der Waals surface area contributed by atoms with Crippen molar-refractivity contribution < 1.29 is 14.4 Å². The fourth-order valence-electron chi connectivity index (χ4n) is 2.22. The molecule has 1 fully saturated rings. The monoisotopic (exact) mass is 356 g/mol. The van der Waals surface area contributed by atoms with E-state index in [0.29, 0.717) is 25.5 Å². The van der Waals surface area contributed by atoms with Crippen LogP contribution in [0, 0.1) is 10.1 Å². The molecule has 144 valence electrons. The number of nitrogens with one attached hydrogen (secondary N) is 1. The Morgan fingerprint density at radius 1 is 1.36 bits per heavy atom. The average molecular weight is 356 g/mol. The molecular formula is C17H32N4O4. The molecule has 0 amide bonds. The van der Waals surface area contributed by atoms with E-state index >= 15 is 0 Å². The minimum Gasteiger partial charge on any atom is -0.383 e. The number of nitrogens with zero attached hydrogens (tertiary/aromatic N) is 3. The lowest BCUT2D eigenvalue weighted by Gasteiger charge is -2.28. The molecular weight excluding hydrogens is 324 g/mol. The van der Waals surface area contributed by atoms with Gasteiger partial charge in [0.15, 0.2) is 0 Å². The third-order valence-corrected chi connectivity index (χ3v) is 3.22. The van der Waals surface area contributed by atoms with Gasteiger partial charge in [-0.15, -0.1) is 0 Å². The third-order valence-electron chi connectivity index (χ3n) is 3.22. The molecule has 1 aromatic rings. The molecule has 8 nitrogen and oxygen atoms in total. The number of methoxy groups -OCH3 is 1. The Bertz CT molecular complexity index is 494. The van der Waals surface area contributed by atoms with Gasteiger partial charge in [-0.3, -0.25) is 10.1 Å². The number of rotatable bonds is 6. The number of morpholine rings is 1. The van der Waals surface area contributed by atoms with Crippen LogP contribution in [0.4, 0.5) is 17.2 Å². The highest BCUT2D eigenvalue weighted by Gasteiger charge is 2.20. The van der Waals surface area contributed by atoms with Crippen LogP contribution in [0.25, 0.3) is 0 Å². The van der Waals surface area contributed by atoms with Gasteiger partial charge in [0.2, 0.25) is 0 Å². The summed E-state index contributed by atoms with van der Waals surface area (Å²) in [5.41, 5.74) is 0.427. The summed E-state index contributed by atoms with van der Waals surface area (Å²) in [7, 11) is 1.60. The van der Waals surface area contributed by atoms with E-state index in [1.54, 1.807) is 13.2 Å². The Hall–Kier alpha value is -1.93. The Morgan fingerprint density at radius 3 is 2.48 bits per heavy atom. The van der Waals surface area contributed by atoms with Crippen molar-refractivity contribution in [3.8, 4) is 0 Å². The van der Waals surface area contributed by atoms with Crippen LogP contribution >= 0.6 is 0 Å². The number of aromatic nitrogens is 1. The maximum Gasteiger partial charge on any atom is 0.310 e. The standard InChI is InChI=1S/C13H20N4O4.2C2H6/c1-10(9-20-2)15-11-7-13(14-8-12(11)17(18)19)16-3-5-21-6-4-16;2*1-2/h7-8,10H,3-6,9H2,1-2H3,(H,14,15);2*1-2H3. The molecule has 0 aromatic carbocycles. The predicted molar refractivity (Wildman–Crippen MR) is 102 cm³/mol. The normalized spacial score (nSPS) is 14.4. The highest BCUT2D eigenvalue weighted by Crippen LogP contribution is 2.28. The van der Waals surface area contributed by atoms with Crippen LogP contribution in [0.15, 0.2) is 12.3 Å². The molecule has 0 spiro atoms. The van der Waals surface area contributed by atoms with Gasteiger partial charge in [0.25, 0.3) is 0 Å². The minimum atomic E-state index is -0.433. The lowest BCUT2D eigenvalue weighted by Crippen LogP contribution is -2.36. The van der Waals surface area contributed by atoms with Crippen molar-refractivity contribution in [2.75, 3.05) is 50.2 Å². The quantitative estimate of drug-likeness (QED) is 0.617. The van der Waals surface area contributed by atoms with Gasteiger partial charge in [-0.2, -0.15) is 0 Å². The summed E-state index contributed by atoms with van der Waals surface area (Å²) in [5.74, 6) is 0.719. The lowest BCUT2D eigenvalue weighted by atomic mass is 10.2. The molecule has 8 heteroatoms. The van der Waals surface area contributed by atoms with Gasteiger partial charge in [0.1, 0.15) is 17.7 Å². The number of anilines is 2. The molecule has 1 aromatic heterocycles. The van der Waals surface area contributed by atoms with Gasteiger partial charge >= 0.3 is 5.69 Å². The summed E-state index contributed by atoms with van der Waals surface area (Å²) in [6.45, 7) is 13.1. The smallest absolute Gasteiger partial charge is 0.310 e. The van der Waals surface area contributed by atoms with Crippen LogP contribution in [0.3, 0.4) is 0 Å². The topological polar surface area (TPSA) is 89.8 Å². The van der Waals surface area contributed by atoms with Gasteiger partial charge in [0.05, 0.1) is 24.7 Å². The van der Waals surface area contributed by atoms with E-state index in [4.69, 9.17) is 9.47 Å². The van der Waals surface area contributed by atoms with Crippen molar-refractivity contribution in [3.63, 3.8) is 0 Å². The number of hydrogen-bond acceptors (Lipinski definition) is 7. The first kappa shape index (κ1) is 23.1. The predicted octanol–water partition coefficient (Wildman–Crippen LogP) is 3.33. The second-order valence-electron chi connectivity index (χ2n) is 4.92. The summed E-state index contributed by atoms with van der Waals surface area (Å²) >= 11 is 0. The molecule has 2 heterocycles. The summed E-state index contributed by atoms with van der Waals surface area (Å²) in [6, 6.07) is 1.68. The number of pyridine rings is 1. The zero-order valence-electron chi connectivity index (χ0n) is 16.2. The molecule has 1 saturated heterocycles. The first-order valence-corrected chi connectivity index (χ1v) is 8.84. The molecule has 1 N–H and O–H groups in total. The zero-order chi connectivity index (χ0) is 19.2. The maximum absolute atomic E-state index is 11.1. The molecule has 0 bridgehead atoms. The van der Waals surface area contributed by atoms with Gasteiger partial charge < -0.3 is 19.7 Å². The Morgan fingerprint density at radius 2 is 1.96 bits per heavy atom. The van der Waals surface area contributed by atoms with Crippen LogP contribution < -0.4 is 10.2 Å². The van der Waals surface area contributed by atoms with Crippen molar-refractivity contribution in [1.82, 2.24) is 4.98 Å². The van der Waals surface area contributed by atoms with E-state index in [1.807, 2.05) is 34.6 Å². The van der Waals surface area contributed by atoms with Crippen molar-refractivity contribution in [2.24, 2.45) is 0 Å². The van der Waals surface area contributed by atoms with Crippen molar-refractivity contribution >= 4 is 17.2 Å². The molecule has 1 aliphatic rings. The van der Waals surface area contributed by atoms with Crippen LogP contribution in [0.5, 0.6) is 0 Å². The van der Waals surface area contributed by atoms with E-state index < -0.39 is 4.92 Å². The molecule has 0 saturated carbocycles. The maximum atomic E-state index is 11.1. The van der Waals surface area contributed by atoms with Crippen molar-refractivity contribution in [1.29, 1.82) is 0 Å². The molecule has 25 heavy (non-hydrogen) atoms. The van der Waals surface area contributed by atoms with Crippen molar-refractivity contribution in [3.05, 3.63) is 22.4 Å². The van der Waals surface area contributed by atoms with E-state index in [2.05, 4.69) is 15.2 Å². The minimum absolute atomic E-state index is 0.0324. The van der Waals surface area contributed by atoms with Crippen LogP contribution in [-0.4, -0.2) is 56.0 Å². The van der Waals surface area contributed by atoms with Gasteiger partial charge in [-0.05, 0) is 6.92 Å². The van der Waals surface area contributed by atoms with Gasteiger partial charge in [-0.1, -0.05) is 27.7 Å². The lowest BCUT2D eigenvalue weighted by molar-refractivity contribution is -0.384. The largest absolute Gasteiger partial charge is 0.383 e. The highest BCUT2D eigenvalue weighted by molar-refractivity contribution is 5.66. The van der Waals surface area contributed by atoms with E-state index in [1.165, 1.54) is 6.20 Å². The molecule has 1 unspecified atom stereocenters. The molecule has 1 aliphatic heterocycles. The number of nitro groups is 1. The first-order valence-electron chi connectivity index (χ1n) is 8.84. The third kappa shape index (κ3) is 7.66. The summed E-state index contributed by atoms with van der Waals surface area (Å²) in [4.78, 5) is 16.9. The van der Waals surface area contributed by atoms with Gasteiger partial charge in [0, 0.05) is 32.3 Å². The average Bonchev–Trinajstić information content (AvgIpc) is 2.65. The summed E-state index contributed by atoms with van der Waals surface area (Å²) < 4.78 is 10.3. The zero-order valence-corrected chi connectivity index (χ0v) is 16.2. The number of ether oxygens (including phenoxy) is 2. The van der Waals surface area contributed by atoms with Crippen LogP contribution in [0.1, 0.15) is 34.6 Å². The molecule has 1 atom stereocenters. The Kier molecular flexibility index (Phi) is 12.3. The molecule has 0 radical (unpaired) electrons. The van der Waals surface area contributed by atoms with Crippen LogP contribution in [0.2, 0.25) is 0 Å². The SMILES string of the molecule is CC.CC.COCC(C)Nc1cc(N2CCOCC2)ncc1[N+](=O)[O-]. The fourth-order valence-corrected chi connectivity index (χ4v) is 2.22. The van der Waals surface area contributed by atoms with Crippen LogP contribution in [-0.2, 0) is 9.47 Å². The van der Waals surface area contributed by atoms with Crippen molar-refractivity contribution in [2.45, 2.75) is 40.7 Å².